The Labute approximate surface area is 116 Å². The van der Waals surface area contributed by atoms with Crippen LogP contribution in [0.4, 0.5) is 0 Å². The maximum absolute atomic E-state index is 9.50. The Bertz CT molecular complexity index is 749. The minimum Gasteiger partial charge on any atom is -0.506 e. The molecule has 3 nitrogen and oxygen atoms in total. The summed E-state index contributed by atoms with van der Waals surface area (Å²) in [5.41, 5.74) is 2.97. The van der Waals surface area contributed by atoms with E-state index in [0.717, 1.165) is 29.0 Å². The third-order valence-electron chi connectivity index (χ3n) is 3.18. The summed E-state index contributed by atoms with van der Waals surface area (Å²) in [6, 6.07) is 13.2. The zero-order valence-electron chi connectivity index (χ0n) is 10.5. The van der Waals surface area contributed by atoms with Crippen molar-refractivity contribution in [3.05, 3.63) is 47.5 Å². The number of halogens is 1. The van der Waals surface area contributed by atoms with Crippen LogP contribution in [-0.4, -0.2) is 14.7 Å². The van der Waals surface area contributed by atoms with Gasteiger partial charge in [-0.15, -0.1) is 0 Å². The summed E-state index contributed by atoms with van der Waals surface area (Å²) >= 11 is 5.97. The van der Waals surface area contributed by atoms with Gasteiger partial charge in [-0.3, -0.25) is 0 Å². The molecule has 0 aliphatic heterocycles. The number of nitrogens with zero attached hydrogens (tertiary/aromatic N) is 2. The van der Waals surface area contributed by atoms with Crippen molar-refractivity contribution in [2.24, 2.45) is 0 Å². The van der Waals surface area contributed by atoms with Crippen LogP contribution < -0.4 is 0 Å². The minimum absolute atomic E-state index is 0.0876. The van der Waals surface area contributed by atoms with Gasteiger partial charge in [0.25, 0.3) is 0 Å². The summed E-state index contributed by atoms with van der Waals surface area (Å²) < 4.78 is 2.14. The van der Waals surface area contributed by atoms with Crippen molar-refractivity contribution in [3.63, 3.8) is 0 Å². The van der Waals surface area contributed by atoms with Gasteiger partial charge < -0.3 is 9.67 Å². The number of aromatic nitrogens is 2. The first-order valence-corrected chi connectivity index (χ1v) is 6.52. The Morgan fingerprint density at radius 2 is 2.00 bits per heavy atom. The summed E-state index contributed by atoms with van der Waals surface area (Å²) in [7, 11) is 0. The van der Waals surface area contributed by atoms with Gasteiger partial charge in [0.05, 0.1) is 16.1 Å². The minimum atomic E-state index is 0.0876. The highest BCUT2D eigenvalue weighted by Crippen LogP contribution is 2.30. The quantitative estimate of drug-likeness (QED) is 0.763. The molecule has 0 atom stereocenters. The fourth-order valence-electron chi connectivity index (χ4n) is 2.26. The molecule has 4 heteroatoms. The molecule has 19 heavy (non-hydrogen) atoms. The summed E-state index contributed by atoms with van der Waals surface area (Å²) in [6.45, 7) is 2.91. The fraction of sp³-hybridized carbons (Fsp3) is 0.133. The summed E-state index contributed by atoms with van der Waals surface area (Å²) in [6.07, 6.45) is 0. The third-order valence-corrected chi connectivity index (χ3v) is 3.48. The van der Waals surface area contributed by atoms with E-state index in [0.29, 0.717) is 5.02 Å². The van der Waals surface area contributed by atoms with Crippen molar-refractivity contribution in [1.29, 1.82) is 0 Å². The molecule has 96 valence electrons. The molecule has 0 spiro atoms. The summed E-state index contributed by atoms with van der Waals surface area (Å²) in [4.78, 5) is 4.65. The Hall–Kier alpha value is -2.00. The average molecular weight is 273 g/mol. The van der Waals surface area contributed by atoms with E-state index in [1.54, 1.807) is 12.1 Å². The second kappa shape index (κ2) is 4.59. The number of benzene rings is 2. The van der Waals surface area contributed by atoms with Crippen LogP contribution in [0.1, 0.15) is 6.92 Å². The van der Waals surface area contributed by atoms with Crippen molar-refractivity contribution >= 4 is 22.6 Å². The predicted octanol–water partition coefficient (Wildman–Crippen LogP) is 4.08. The van der Waals surface area contributed by atoms with E-state index in [9.17, 15) is 5.11 Å². The van der Waals surface area contributed by atoms with Crippen molar-refractivity contribution in [2.75, 3.05) is 0 Å². The number of aryl methyl sites for hydroxylation is 1. The Balaban J connectivity index is 2.26. The van der Waals surface area contributed by atoms with Crippen molar-refractivity contribution in [1.82, 2.24) is 9.55 Å². The lowest BCUT2D eigenvalue weighted by Gasteiger charge is -2.07. The number of rotatable bonds is 2. The first-order valence-electron chi connectivity index (χ1n) is 6.15. The van der Waals surface area contributed by atoms with Crippen LogP contribution in [0.2, 0.25) is 5.02 Å². The number of phenols is 1. The Morgan fingerprint density at radius 1 is 1.21 bits per heavy atom. The van der Waals surface area contributed by atoms with E-state index < -0.39 is 0 Å². The largest absolute Gasteiger partial charge is 0.506 e. The first kappa shape index (κ1) is 12.1. The van der Waals surface area contributed by atoms with Gasteiger partial charge in [0.15, 0.2) is 0 Å². The van der Waals surface area contributed by atoms with Crippen LogP contribution in [0.25, 0.3) is 22.4 Å². The van der Waals surface area contributed by atoms with Crippen LogP contribution in [-0.2, 0) is 6.54 Å². The van der Waals surface area contributed by atoms with E-state index >= 15 is 0 Å². The lowest BCUT2D eigenvalue weighted by molar-refractivity contribution is 0.475. The number of imidazole rings is 1. The molecule has 0 bridgehead atoms. The maximum Gasteiger partial charge on any atom is 0.141 e. The van der Waals surface area contributed by atoms with Crippen LogP contribution in [0, 0.1) is 0 Å². The average Bonchev–Trinajstić information content (AvgIpc) is 2.80. The summed E-state index contributed by atoms with van der Waals surface area (Å²) in [5, 5.41) is 9.84. The van der Waals surface area contributed by atoms with Crippen molar-refractivity contribution < 1.29 is 5.11 Å². The molecule has 3 rings (SSSR count). The molecule has 0 radical (unpaired) electrons. The highest BCUT2D eigenvalue weighted by atomic mass is 35.5. The van der Waals surface area contributed by atoms with Crippen LogP contribution in [0.5, 0.6) is 5.75 Å². The van der Waals surface area contributed by atoms with Gasteiger partial charge in [0.1, 0.15) is 11.6 Å². The number of phenolic OH excluding ortho intramolecular Hbond substituents is 1. The molecule has 0 aliphatic rings. The van der Waals surface area contributed by atoms with E-state index in [1.165, 1.54) is 0 Å². The molecule has 0 aliphatic carbocycles. The molecule has 1 heterocycles. The highest BCUT2D eigenvalue weighted by Gasteiger charge is 2.12. The standard InChI is InChI=1S/C15H13ClN2O/c1-2-18-13-6-4-3-5-12(13)17-15(18)10-7-8-14(19)11(16)9-10/h3-9,19H,2H2,1H3. The van der Waals surface area contributed by atoms with E-state index in [2.05, 4.69) is 22.5 Å². The molecule has 3 aromatic rings. The molecule has 0 saturated heterocycles. The number of fused-ring (bicyclic) bond motifs is 1. The molecule has 1 N–H and O–H groups in total. The second-order valence-corrected chi connectivity index (χ2v) is 4.74. The van der Waals surface area contributed by atoms with Crippen LogP contribution in [0.3, 0.4) is 0 Å². The Kier molecular flexibility index (Phi) is 2.91. The molecule has 1 aromatic heterocycles. The summed E-state index contributed by atoms with van der Waals surface area (Å²) in [5.74, 6) is 0.954. The van der Waals surface area contributed by atoms with Gasteiger partial charge in [0.2, 0.25) is 0 Å². The molecule has 0 amide bonds. The lowest BCUT2D eigenvalue weighted by atomic mass is 10.2. The fourth-order valence-corrected chi connectivity index (χ4v) is 2.44. The second-order valence-electron chi connectivity index (χ2n) is 4.33. The van der Waals surface area contributed by atoms with Gasteiger partial charge in [-0.1, -0.05) is 23.7 Å². The number of para-hydroxylation sites is 2. The predicted molar refractivity (Wildman–Crippen MR) is 77.5 cm³/mol. The van der Waals surface area contributed by atoms with Gasteiger partial charge >= 0.3 is 0 Å². The van der Waals surface area contributed by atoms with Gasteiger partial charge in [-0.2, -0.15) is 0 Å². The molecule has 0 fully saturated rings. The smallest absolute Gasteiger partial charge is 0.141 e. The van der Waals surface area contributed by atoms with Crippen LogP contribution in [0.15, 0.2) is 42.5 Å². The molecular formula is C15H13ClN2O. The zero-order chi connectivity index (χ0) is 13.4. The SMILES string of the molecule is CCn1c(-c2ccc(O)c(Cl)c2)nc2ccccc21. The van der Waals surface area contributed by atoms with E-state index in [-0.39, 0.29) is 5.75 Å². The normalized spacial score (nSPS) is 11.1. The number of hydrogen-bond donors (Lipinski definition) is 1. The van der Waals surface area contributed by atoms with Gasteiger partial charge in [-0.05, 0) is 37.3 Å². The number of hydrogen-bond acceptors (Lipinski definition) is 2. The molecule has 0 saturated carbocycles. The Morgan fingerprint density at radius 3 is 2.74 bits per heavy atom. The van der Waals surface area contributed by atoms with E-state index in [4.69, 9.17) is 11.6 Å². The van der Waals surface area contributed by atoms with E-state index in [1.807, 2.05) is 24.3 Å². The molecular weight excluding hydrogens is 260 g/mol. The third kappa shape index (κ3) is 1.96. The number of aromatic hydroxyl groups is 1. The lowest BCUT2D eigenvalue weighted by Crippen LogP contribution is -1.97. The topological polar surface area (TPSA) is 38.0 Å². The zero-order valence-corrected chi connectivity index (χ0v) is 11.2. The molecule has 0 unspecified atom stereocenters. The molecule has 2 aromatic carbocycles. The maximum atomic E-state index is 9.50. The highest BCUT2D eigenvalue weighted by molar-refractivity contribution is 6.32. The first-order chi connectivity index (χ1) is 9.20. The van der Waals surface area contributed by atoms with Crippen molar-refractivity contribution in [2.45, 2.75) is 13.5 Å². The van der Waals surface area contributed by atoms with Crippen LogP contribution >= 0.6 is 11.6 Å². The van der Waals surface area contributed by atoms with Crippen molar-refractivity contribution in [3.8, 4) is 17.1 Å². The van der Waals surface area contributed by atoms with Gasteiger partial charge in [-0.25, -0.2) is 4.98 Å². The van der Waals surface area contributed by atoms with Gasteiger partial charge in [0, 0.05) is 12.1 Å². The monoisotopic (exact) mass is 272 g/mol.